The normalized spacial score (nSPS) is 13.5. The molecule has 5 heteroatoms. The summed E-state index contributed by atoms with van der Waals surface area (Å²) in [6, 6.07) is 6.29. The monoisotopic (exact) mass is 235 g/mol. The summed E-state index contributed by atoms with van der Waals surface area (Å²) in [7, 11) is 1.46. The number of ether oxygens (including phenoxy) is 1. The number of methoxy groups -OCH3 is 1. The fourth-order valence-corrected chi connectivity index (χ4v) is 1.46. The topological polar surface area (TPSA) is 90.6 Å². The summed E-state index contributed by atoms with van der Waals surface area (Å²) >= 11 is 0. The molecule has 2 unspecified atom stereocenters. The van der Waals surface area contributed by atoms with Gasteiger partial charge in [0.15, 0.2) is 0 Å². The quantitative estimate of drug-likeness (QED) is 0.737. The van der Waals surface area contributed by atoms with E-state index in [1.54, 1.807) is 12.1 Å². The number of aliphatic hydroxyl groups is 2. The minimum atomic E-state index is -1.29. The fourth-order valence-electron chi connectivity index (χ4n) is 1.46. The van der Waals surface area contributed by atoms with Crippen LogP contribution in [0.1, 0.15) is 28.4 Å². The van der Waals surface area contributed by atoms with Crippen molar-refractivity contribution in [2.75, 3.05) is 7.11 Å². The van der Waals surface area contributed by atoms with Crippen molar-refractivity contribution in [3.8, 4) is 11.8 Å². The lowest BCUT2D eigenvalue weighted by Crippen LogP contribution is -2.18. The van der Waals surface area contributed by atoms with Gasteiger partial charge in [-0.1, -0.05) is 0 Å². The van der Waals surface area contributed by atoms with Crippen LogP contribution in [-0.2, 0) is 0 Å². The number of carbonyl (C=O) groups excluding carboxylic acids is 1. The lowest BCUT2D eigenvalue weighted by molar-refractivity contribution is 0.0212. The van der Waals surface area contributed by atoms with E-state index in [0.717, 1.165) is 0 Å². The van der Waals surface area contributed by atoms with Crippen molar-refractivity contribution in [1.29, 1.82) is 5.26 Å². The van der Waals surface area contributed by atoms with Crippen LogP contribution in [0.15, 0.2) is 18.2 Å². The molecule has 1 rings (SSSR count). The molecule has 2 atom stereocenters. The van der Waals surface area contributed by atoms with E-state index in [2.05, 4.69) is 0 Å². The van der Waals surface area contributed by atoms with Gasteiger partial charge in [-0.15, -0.1) is 0 Å². The molecule has 90 valence electrons. The number of rotatable bonds is 5. The lowest BCUT2D eigenvalue weighted by Gasteiger charge is -2.17. The van der Waals surface area contributed by atoms with Crippen molar-refractivity contribution in [3.05, 3.63) is 29.3 Å². The smallest absolute Gasteiger partial charge is 0.150 e. The number of aldehydes is 1. The first-order valence-corrected chi connectivity index (χ1v) is 5.00. The summed E-state index contributed by atoms with van der Waals surface area (Å²) < 4.78 is 4.97. The minimum Gasteiger partial charge on any atom is -0.497 e. The number of hydrogen-bond acceptors (Lipinski definition) is 5. The zero-order valence-electron chi connectivity index (χ0n) is 9.33. The van der Waals surface area contributed by atoms with E-state index < -0.39 is 12.2 Å². The van der Waals surface area contributed by atoms with Gasteiger partial charge in [0.1, 0.15) is 18.1 Å². The number of aliphatic hydroxyl groups excluding tert-OH is 2. The maximum absolute atomic E-state index is 10.8. The molecule has 0 spiro atoms. The SMILES string of the molecule is COc1ccc(C=O)c(C(O)C(O)CC#N)c1. The summed E-state index contributed by atoms with van der Waals surface area (Å²) in [6.07, 6.45) is -2.15. The van der Waals surface area contributed by atoms with Gasteiger partial charge in [0, 0.05) is 5.56 Å². The molecule has 5 nitrogen and oxygen atoms in total. The molecule has 0 fully saturated rings. The van der Waals surface area contributed by atoms with Gasteiger partial charge in [-0.25, -0.2) is 0 Å². The molecule has 0 aliphatic heterocycles. The molecular weight excluding hydrogens is 222 g/mol. The largest absolute Gasteiger partial charge is 0.497 e. The molecule has 0 saturated carbocycles. The average molecular weight is 235 g/mol. The Hall–Kier alpha value is -1.90. The Balaban J connectivity index is 3.09. The molecule has 1 aromatic rings. The van der Waals surface area contributed by atoms with E-state index in [1.807, 2.05) is 0 Å². The first kappa shape index (κ1) is 13.2. The Labute approximate surface area is 98.9 Å². The van der Waals surface area contributed by atoms with Crippen LogP contribution < -0.4 is 4.74 Å². The summed E-state index contributed by atoms with van der Waals surface area (Å²) in [6.45, 7) is 0. The van der Waals surface area contributed by atoms with Crippen LogP contribution in [-0.4, -0.2) is 29.7 Å². The zero-order chi connectivity index (χ0) is 12.8. The number of carbonyl (C=O) groups is 1. The predicted molar refractivity (Wildman–Crippen MR) is 59.6 cm³/mol. The third-order valence-corrected chi connectivity index (χ3v) is 2.40. The molecule has 0 radical (unpaired) electrons. The van der Waals surface area contributed by atoms with Crippen molar-refractivity contribution < 1.29 is 19.7 Å². The van der Waals surface area contributed by atoms with Gasteiger partial charge in [-0.05, 0) is 23.8 Å². The third-order valence-electron chi connectivity index (χ3n) is 2.40. The third kappa shape index (κ3) is 3.03. The molecule has 0 aliphatic carbocycles. The van der Waals surface area contributed by atoms with Crippen LogP contribution in [0.2, 0.25) is 0 Å². The van der Waals surface area contributed by atoms with E-state index in [-0.39, 0.29) is 17.5 Å². The van der Waals surface area contributed by atoms with Crippen LogP contribution in [0.5, 0.6) is 5.75 Å². The molecular formula is C12H13NO4. The molecule has 0 aliphatic rings. The number of nitrogens with zero attached hydrogens (tertiary/aromatic N) is 1. The first-order valence-electron chi connectivity index (χ1n) is 5.00. The Bertz CT molecular complexity index is 439. The first-order chi connectivity index (χ1) is 8.13. The summed E-state index contributed by atoms with van der Waals surface area (Å²) in [5, 5.41) is 27.8. The van der Waals surface area contributed by atoms with Crippen LogP contribution >= 0.6 is 0 Å². The Morgan fingerprint density at radius 1 is 1.53 bits per heavy atom. The lowest BCUT2D eigenvalue weighted by atomic mass is 9.97. The molecule has 0 bridgehead atoms. The summed E-state index contributed by atoms with van der Waals surface area (Å²) in [4.78, 5) is 10.8. The molecule has 0 saturated heterocycles. The minimum absolute atomic E-state index is 0.212. The molecule has 0 aromatic heterocycles. The van der Waals surface area contributed by atoms with Crippen molar-refractivity contribution in [2.24, 2.45) is 0 Å². The predicted octanol–water partition coefficient (Wildman–Crippen LogP) is 0.816. The fraction of sp³-hybridized carbons (Fsp3) is 0.333. The Kier molecular flexibility index (Phi) is 4.64. The molecule has 0 heterocycles. The Morgan fingerprint density at radius 2 is 2.24 bits per heavy atom. The van der Waals surface area contributed by atoms with Crippen molar-refractivity contribution >= 4 is 6.29 Å². The molecule has 0 amide bonds. The van der Waals surface area contributed by atoms with E-state index in [0.29, 0.717) is 12.0 Å². The van der Waals surface area contributed by atoms with Crippen LogP contribution in [0.25, 0.3) is 0 Å². The maximum atomic E-state index is 10.8. The van der Waals surface area contributed by atoms with Gasteiger partial charge in [0.25, 0.3) is 0 Å². The standard InChI is InChI=1S/C12H13NO4/c1-17-9-3-2-8(7-14)10(6-9)12(16)11(15)4-5-13/h2-3,6-7,11-12,15-16H,4H2,1H3. The zero-order valence-corrected chi connectivity index (χ0v) is 9.33. The van der Waals surface area contributed by atoms with Gasteiger partial charge < -0.3 is 14.9 Å². The van der Waals surface area contributed by atoms with Gasteiger partial charge in [0.2, 0.25) is 0 Å². The summed E-state index contributed by atoms with van der Waals surface area (Å²) in [5.41, 5.74) is 0.511. The molecule has 2 N–H and O–H groups in total. The highest BCUT2D eigenvalue weighted by molar-refractivity contribution is 5.78. The van der Waals surface area contributed by atoms with Crippen LogP contribution in [0, 0.1) is 11.3 Å². The highest BCUT2D eigenvalue weighted by Gasteiger charge is 2.21. The van der Waals surface area contributed by atoms with Gasteiger partial charge in [-0.3, -0.25) is 4.79 Å². The van der Waals surface area contributed by atoms with E-state index in [4.69, 9.17) is 10.00 Å². The highest BCUT2D eigenvalue weighted by Crippen LogP contribution is 2.25. The number of hydrogen-bond donors (Lipinski definition) is 2. The molecule has 17 heavy (non-hydrogen) atoms. The van der Waals surface area contributed by atoms with Crippen molar-refractivity contribution in [2.45, 2.75) is 18.6 Å². The van der Waals surface area contributed by atoms with Crippen LogP contribution in [0.4, 0.5) is 0 Å². The Morgan fingerprint density at radius 3 is 2.76 bits per heavy atom. The molecule has 1 aromatic carbocycles. The average Bonchev–Trinajstić information content (AvgIpc) is 2.37. The second-order valence-electron chi connectivity index (χ2n) is 3.49. The number of benzene rings is 1. The highest BCUT2D eigenvalue weighted by atomic mass is 16.5. The van der Waals surface area contributed by atoms with E-state index in [9.17, 15) is 15.0 Å². The van der Waals surface area contributed by atoms with Gasteiger partial charge in [0.05, 0.1) is 25.7 Å². The second kappa shape index (κ2) is 5.99. The van der Waals surface area contributed by atoms with Crippen LogP contribution in [0.3, 0.4) is 0 Å². The number of nitriles is 1. The van der Waals surface area contributed by atoms with Crippen molar-refractivity contribution in [3.63, 3.8) is 0 Å². The summed E-state index contributed by atoms with van der Waals surface area (Å²) in [5.74, 6) is 0.466. The van der Waals surface area contributed by atoms with Crippen molar-refractivity contribution in [1.82, 2.24) is 0 Å². The second-order valence-corrected chi connectivity index (χ2v) is 3.49. The van der Waals surface area contributed by atoms with E-state index in [1.165, 1.54) is 19.2 Å². The maximum Gasteiger partial charge on any atom is 0.150 e. The van der Waals surface area contributed by atoms with E-state index >= 15 is 0 Å². The van der Waals surface area contributed by atoms with Gasteiger partial charge in [-0.2, -0.15) is 5.26 Å². The van der Waals surface area contributed by atoms with Gasteiger partial charge >= 0.3 is 0 Å².